The molecular weight excluding hydrogens is 238 g/mol. The minimum atomic E-state index is -0.425. The number of nitrogens with zero attached hydrogens (tertiary/aromatic N) is 1. The summed E-state index contributed by atoms with van der Waals surface area (Å²) in [6.45, 7) is 4.60. The first-order valence-electron chi connectivity index (χ1n) is 7.36. The normalized spacial score (nSPS) is 19.5. The number of aliphatic hydroxyl groups excluding tert-OH is 2. The maximum atomic E-state index is 10.3. The van der Waals surface area contributed by atoms with E-state index in [0.29, 0.717) is 6.54 Å². The molecule has 0 spiro atoms. The van der Waals surface area contributed by atoms with Gasteiger partial charge in [-0.3, -0.25) is 0 Å². The Labute approximate surface area is 115 Å². The third-order valence-corrected chi connectivity index (χ3v) is 3.89. The minimum absolute atomic E-state index is 0.151. The predicted molar refractivity (Wildman–Crippen MR) is 77.1 cm³/mol. The van der Waals surface area contributed by atoms with Crippen LogP contribution in [-0.4, -0.2) is 40.9 Å². The van der Waals surface area contributed by atoms with E-state index >= 15 is 0 Å². The van der Waals surface area contributed by atoms with Gasteiger partial charge in [-0.05, 0) is 30.4 Å². The number of piperidine rings is 1. The zero-order chi connectivity index (χ0) is 13.7. The second-order valence-electron chi connectivity index (χ2n) is 5.54. The highest BCUT2D eigenvalue weighted by Gasteiger charge is 2.19. The molecule has 1 fully saturated rings. The Bertz CT molecular complexity index is 369. The number of rotatable bonds is 5. The number of hydrogen-bond donors (Lipinski definition) is 2. The van der Waals surface area contributed by atoms with Crippen molar-refractivity contribution in [3.8, 4) is 0 Å². The Kier molecular flexibility index (Phi) is 5.37. The van der Waals surface area contributed by atoms with Crippen molar-refractivity contribution in [3.63, 3.8) is 0 Å². The van der Waals surface area contributed by atoms with Gasteiger partial charge in [-0.25, -0.2) is 0 Å². The molecule has 2 rings (SSSR count). The van der Waals surface area contributed by atoms with Crippen LogP contribution in [0, 0.1) is 0 Å². The molecule has 0 amide bonds. The fourth-order valence-corrected chi connectivity index (χ4v) is 2.65. The van der Waals surface area contributed by atoms with Gasteiger partial charge in [0.25, 0.3) is 0 Å². The number of hydrogen-bond acceptors (Lipinski definition) is 3. The monoisotopic (exact) mass is 263 g/mol. The molecule has 0 aliphatic carbocycles. The zero-order valence-electron chi connectivity index (χ0n) is 11.8. The first-order chi connectivity index (χ1) is 9.19. The molecule has 0 saturated carbocycles. The van der Waals surface area contributed by atoms with Gasteiger partial charge in [-0.15, -0.1) is 0 Å². The van der Waals surface area contributed by atoms with E-state index < -0.39 is 6.10 Å². The van der Waals surface area contributed by atoms with E-state index in [1.54, 1.807) is 0 Å². The van der Waals surface area contributed by atoms with E-state index in [-0.39, 0.29) is 6.10 Å². The van der Waals surface area contributed by atoms with E-state index in [2.05, 4.69) is 24.0 Å². The summed E-state index contributed by atoms with van der Waals surface area (Å²) in [7, 11) is 0. The third-order valence-electron chi connectivity index (χ3n) is 3.89. The quantitative estimate of drug-likeness (QED) is 0.855. The zero-order valence-corrected chi connectivity index (χ0v) is 11.8. The van der Waals surface area contributed by atoms with Crippen molar-refractivity contribution in [1.29, 1.82) is 0 Å². The Hall–Kier alpha value is -0.900. The van der Waals surface area contributed by atoms with Crippen molar-refractivity contribution in [2.75, 3.05) is 19.6 Å². The summed E-state index contributed by atoms with van der Waals surface area (Å²) in [6.07, 6.45) is 3.32. The molecule has 1 unspecified atom stereocenters. The average molecular weight is 263 g/mol. The van der Waals surface area contributed by atoms with Crippen LogP contribution in [0.4, 0.5) is 0 Å². The van der Waals surface area contributed by atoms with Crippen LogP contribution in [-0.2, 0) is 6.42 Å². The fourth-order valence-electron chi connectivity index (χ4n) is 2.65. The van der Waals surface area contributed by atoms with Crippen LogP contribution < -0.4 is 0 Å². The van der Waals surface area contributed by atoms with Gasteiger partial charge in [-0.2, -0.15) is 0 Å². The lowest BCUT2D eigenvalue weighted by Crippen LogP contribution is -2.38. The first-order valence-corrected chi connectivity index (χ1v) is 7.36. The Balaban J connectivity index is 1.86. The second-order valence-corrected chi connectivity index (χ2v) is 5.54. The molecule has 1 aromatic carbocycles. The molecule has 106 valence electrons. The lowest BCUT2D eigenvalue weighted by atomic mass is 10.0. The van der Waals surface area contributed by atoms with E-state index in [0.717, 1.165) is 44.3 Å². The van der Waals surface area contributed by atoms with E-state index in [1.807, 2.05) is 12.1 Å². The molecule has 0 radical (unpaired) electrons. The van der Waals surface area contributed by atoms with Gasteiger partial charge >= 0.3 is 0 Å². The molecular formula is C16H25NO2. The summed E-state index contributed by atoms with van der Waals surface area (Å²) in [5, 5.41) is 19.7. The molecule has 1 atom stereocenters. The van der Waals surface area contributed by atoms with Gasteiger partial charge in [-0.1, -0.05) is 37.6 Å². The molecule has 3 nitrogen and oxygen atoms in total. The highest BCUT2D eigenvalue weighted by Crippen LogP contribution is 2.18. The molecule has 1 aliphatic heterocycles. The average Bonchev–Trinajstić information content (AvgIpc) is 2.42. The number of β-amino-alcohol motifs (C(OH)–C–C–N with tert-alkyl or cyclic N) is 1. The van der Waals surface area contributed by atoms with Crippen molar-refractivity contribution in [3.05, 3.63) is 35.4 Å². The fraction of sp³-hybridized carbons (Fsp3) is 0.625. The summed E-state index contributed by atoms with van der Waals surface area (Å²) >= 11 is 0. The topological polar surface area (TPSA) is 43.7 Å². The molecule has 0 aromatic heterocycles. The molecule has 2 N–H and O–H groups in total. The van der Waals surface area contributed by atoms with Gasteiger partial charge < -0.3 is 15.1 Å². The van der Waals surface area contributed by atoms with Crippen molar-refractivity contribution in [2.45, 2.75) is 44.8 Å². The molecule has 0 bridgehead atoms. The van der Waals surface area contributed by atoms with Crippen LogP contribution in [0.2, 0.25) is 0 Å². The number of aliphatic hydroxyl groups is 2. The van der Waals surface area contributed by atoms with Crippen molar-refractivity contribution in [1.82, 2.24) is 4.90 Å². The summed E-state index contributed by atoms with van der Waals surface area (Å²) in [5.74, 6) is 0. The van der Waals surface area contributed by atoms with Crippen LogP contribution in [0.1, 0.15) is 43.4 Å². The van der Waals surface area contributed by atoms with Crippen LogP contribution in [0.5, 0.6) is 0 Å². The molecule has 1 saturated heterocycles. The second kappa shape index (κ2) is 7.04. The summed E-state index contributed by atoms with van der Waals surface area (Å²) in [6, 6.07) is 8.30. The van der Waals surface area contributed by atoms with Crippen molar-refractivity contribution >= 4 is 0 Å². The molecule has 1 aromatic rings. The van der Waals surface area contributed by atoms with Crippen molar-refractivity contribution in [2.24, 2.45) is 0 Å². The maximum Gasteiger partial charge on any atom is 0.0916 e. The number of benzene rings is 1. The Morgan fingerprint density at radius 3 is 2.42 bits per heavy atom. The maximum absolute atomic E-state index is 10.3. The lowest BCUT2D eigenvalue weighted by molar-refractivity contribution is 0.0508. The van der Waals surface area contributed by atoms with Gasteiger partial charge in [0.2, 0.25) is 0 Å². The smallest absolute Gasteiger partial charge is 0.0916 e. The first kappa shape index (κ1) is 14.5. The Morgan fingerprint density at radius 2 is 1.84 bits per heavy atom. The highest BCUT2D eigenvalue weighted by atomic mass is 16.3. The largest absolute Gasteiger partial charge is 0.393 e. The number of likely N-dealkylation sites (tertiary alicyclic amines) is 1. The van der Waals surface area contributed by atoms with E-state index in [4.69, 9.17) is 0 Å². The van der Waals surface area contributed by atoms with Crippen LogP contribution >= 0.6 is 0 Å². The minimum Gasteiger partial charge on any atom is -0.393 e. The standard InChI is InChI=1S/C16H25NO2/c1-2-3-13-4-6-14(7-5-13)16(19)12-17-10-8-15(18)9-11-17/h4-7,15-16,18-19H,2-3,8-12H2,1H3. The summed E-state index contributed by atoms with van der Waals surface area (Å²) in [4.78, 5) is 2.23. The SMILES string of the molecule is CCCc1ccc(C(O)CN2CCC(O)CC2)cc1. The van der Waals surface area contributed by atoms with Gasteiger partial charge in [0.05, 0.1) is 12.2 Å². The molecule has 3 heteroatoms. The summed E-state index contributed by atoms with van der Waals surface area (Å²) < 4.78 is 0. The number of aryl methyl sites for hydroxylation is 1. The Morgan fingerprint density at radius 1 is 1.21 bits per heavy atom. The molecule has 1 aliphatic rings. The lowest BCUT2D eigenvalue weighted by Gasteiger charge is -2.31. The van der Waals surface area contributed by atoms with E-state index in [1.165, 1.54) is 5.56 Å². The van der Waals surface area contributed by atoms with Gasteiger partial charge in [0.1, 0.15) is 0 Å². The predicted octanol–water partition coefficient (Wildman–Crippen LogP) is 2.13. The van der Waals surface area contributed by atoms with Crippen LogP contribution in [0.3, 0.4) is 0 Å². The summed E-state index contributed by atoms with van der Waals surface area (Å²) in [5.41, 5.74) is 2.32. The van der Waals surface area contributed by atoms with E-state index in [9.17, 15) is 10.2 Å². The molecule has 1 heterocycles. The van der Waals surface area contributed by atoms with Crippen LogP contribution in [0.25, 0.3) is 0 Å². The third kappa shape index (κ3) is 4.30. The van der Waals surface area contributed by atoms with Crippen molar-refractivity contribution < 1.29 is 10.2 Å². The van der Waals surface area contributed by atoms with Crippen LogP contribution in [0.15, 0.2) is 24.3 Å². The molecule has 19 heavy (non-hydrogen) atoms. The van der Waals surface area contributed by atoms with Gasteiger partial charge in [0.15, 0.2) is 0 Å². The highest BCUT2D eigenvalue weighted by molar-refractivity contribution is 5.24. The van der Waals surface area contributed by atoms with Gasteiger partial charge in [0, 0.05) is 19.6 Å².